The first-order chi connectivity index (χ1) is 10.0. The van der Waals surface area contributed by atoms with Crippen LogP contribution < -0.4 is 10.0 Å². The smallest absolute Gasteiger partial charge is 0.241 e. The van der Waals surface area contributed by atoms with E-state index in [9.17, 15) is 8.42 Å². The molecule has 21 heavy (non-hydrogen) atoms. The van der Waals surface area contributed by atoms with Crippen LogP contribution in [0.4, 0.5) is 0 Å². The molecule has 0 fully saturated rings. The van der Waals surface area contributed by atoms with Crippen molar-refractivity contribution in [3.63, 3.8) is 0 Å². The number of sulfonamides is 1. The molecule has 0 amide bonds. The highest BCUT2D eigenvalue weighted by Gasteiger charge is 2.17. The Balaban J connectivity index is 1.95. The van der Waals surface area contributed by atoms with Gasteiger partial charge < -0.3 is 9.73 Å². The third kappa shape index (κ3) is 4.63. The average Bonchev–Trinajstić information content (AvgIpc) is 3.06. The fourth-order valence-corrected chi connectivity index (χ4v) is 3.92. The molecule has 2 aromatic rings. The predicted molar refractivity (Wildman–Crippen MR) is 81.6 cm³/mol. The van der Waals surface area contributed by atoms with Crippen LogP contribution in [0.5, 0.6) is 0 Å². The summed E-state index contributed by atoms with van der Waals surface area (Å²) in [5.41, 5.74) is 0. The fraction of sp³-hybridized carbons (Fsp3) is 0.462. The van der Waals surface area contributed by atoms with Gasteiger partial charge in [-0.3, -0.25) is 0 Å². The van der Waals surface area contributed by atoms with Crippen molar-refractivity contribution in [2.75, 3.05) is 6.54 Å². The van der Waals surface area contributed by atoms with Crippen molar-refractivity contribution in [3.05, 3.63) is 34.2 Å². The van der Waals surface area contributed by atoms with E-state index in [0.29, 0.717) is 18.2 Å². The van der Waals surface area contributed by atoms with E-state index in [1.54, 1.807) is 24.6 Å². The maximum Gasteiger partial charge on any atom is 0.241 e. The van der Waals surface area contributed by atoms with Crippen LogP contribution in [0.15, 0.2) is 27.0 Å². The number of thiophene rings is 1. The van der Waals surface area contributed by atoms with Crippen molar-refractivity contribution < 1.29 is 12.8 Å². The quantitative estimate of drug-likeness (QED) is 0.724. The molecule has 2 N–H and O–H groups in total. The monoisotopic (exact) mass is 329 g/mol. The van der Waals surface area contributed by atoms with Gasteiger partial charge in [0.05, 0.1) is 17.6 Å². The number of aromatic nitrogens is 1. The third-order valence-electron chi connectivity index (χ3n) is 2.75. The Morgan fingerprint density at radius 1 is 1.38 bits per heavy atom. The van der Waals surface area contributed by atoms with E-state index in [2.05, 4.69) is 21.9 Å². The van der Waals surface area contributed by atoms with Crippen LogP contribution in [0.1, 0.15) is 29.9 Å². The summed E-state index contributed by atoms with van der Waals surface area (Å²) in [6, 6.07) is 1.69. The van der Waals surface area contributed by atoms with Gasteiger partial charge in [0.1, 0.15) is 5.76 Å². The minimum Gasteiger partial charge on any atom is -0.445 e. The van der Waals surface area contributed by atoms with Gasteiger partial charge in [-0.25, -0.2) is 18.1 Å². The standard InChI is InChI=1S/C13H19N3O3S2/c1-3-4-14-7-11-5-12(9-20-11)21(17,18)16-8-13-15-6-10(2)19-13/h5-6,9,14,16H,3-4,7-8H2,1-2H3. The topological polar surface area (TPSA) is 84.2 Å². The van der Waals surface area contributed by atoms with E-state index in [-0.39, 0.29) is 11.4 Å². The molecule has 0 saturated heterocycles. The molecule has 116 valence electrons. The lowest BCUT2D eigenvalue weighted by atomic mass is 10.4. The molecule has 0 spiro atoms. The lowest BCUT2D eigenvalue weighted by Gasteiger charge is -2.02. The Kier molecular flexibility index (Phi) is 5.51. The van der Waals surface area contributed by atoms with Gasteiger partial charge in [0.15, 0.2) is 0 Å². The number of rotatable bonds is 8. The molecule has 0 atom stereocenters. The maximum atomic E-state index is 12.2. The SMILES string of the molecule is CCCNCc1cc(S(=O)(=O)NCc2ncc(C)o2)cs1. The minimum atomic E-state index is -3.53. The zero-order chi connectivity index (χ0) is 15.3. The van der Waals surface area contributed by atoms with Crippen LogP contribution >= 0.6 is 11.3 Å². The molecule has 6 nitrogen and oxygen atoms in total. The summed E-state index contributed by atoms with van der Waals surface area (Å²) >= 11 is 1.43. The molecule has 8 heteroatoms. The number of nitrogens with one attached hydrogen (secondary N) is 2. The van der Waals surface area contributed by atoms with E-state index in [4.69, 9.17) is 4.42 Å². The third-order valence-corrected chi connectivity index (χ3v) is 5.22. The number of nitrogens with zero attached hydrogens (tertiary/aromatic N) is 1. The maximum absolute atomic E-state index is 12.2. The summed E-state index contributed by atoms with van der Waals surface area (Å²) in [4.78, 5) is 5.24. The van der Waals surface area contributed by atoms with E-state index in [0.717, 1.165) is 17.8 Å². The van der Waals surface area contributed by atoms with Crippen molar-refractivity contribution in [1.82, 2.24) is 15.0 Å². The van der Waals surface area contributed by atoms with Crippen molar-refractivity contribution in [3.8, 4) is 0 Å². The van der Waals surface area contributed by atoms with Crippen LogP contribution in [0, 0.1) is 6.92 Å². The van der Waals surface area contributed by atoms with Crippen molar-refractivity contribution in [2.45, 2.75) is 38.3 Å². The van der Waals surface area contributed by atoms with Crippen molar-refractivity contribution in [1.29, 1.82) is 0 Å². The predicted octanol–water partition coefficient (Wildman–Crippen LogP) is 2.02. The van der Waals surface area contributed by atoms with Crippen LogP contribution in [0.3, 0.4) is 0 Å². The summed E-state index contributed by atoms with van der Waals surface area (Å²) in [5, 5.41) is 4.89. The first kappa shape index (κ1) is 16.2. The number of hydrogen-bond donors (Lipinski definition) is 2. The zero-order valence-corrected chi connectivity index (χ0v) is 13.7. The molecule has 2 rings (SSSR count). The van der Waals surface area contributed by atoms with Gasteiger partial charge in [0.2, 0.25) is 15.9 Å². The Morgan fingerprint density at radius 3 is 2.86 bits per heavy atom. The second-order valence-electron chi connectivity index (χ2n) is 4.61. The lowest BCUT2D eigenvalue weighted by Crippen LogP contribution is -2.23. The molecular weight excluding hydrogens is 310 g/mol. The molecule has 0 aliphatic carbocycles. The normalized spacial score (nSPS) is 11.9. The minimum absolute atomic E-state index is 0.0510. The zero-order valence-electron chi connectivity index (χ0n) is 12.0. The summed E-state index contributed by atoms with van der Waals surface area (Å²) in [5.74, 6) is 1.01. The molecule has 0 aliphatic heterocycles. The number of hydrogen-bond acceptors (Lipinski definition) is 6. The molecule has 0 bridgehead atoms. The second kappa shape index (κ2) is 7.17. The number of aryl methyl sites for hydroxylation is 1. The molecule has 0 aromatic carbocycles. The lowest BCUT2D eigenvalue weighted by molar-refractivity contribution is 0.463. The molecule has 0 aliphatic rings. The van der Waals surface area contributed by atoms with Crippen LogP contribution in [0.2, 0.25) is 0 Å². The second-order valence-corrected chi connectivity index (χ2v) is 7.38. The first-order valence-corrected chi connectivity index (χ1v) is 9.06. The first-order valence-electron chi connectivity index (χ1n) is 6.70. The average molecular weight is 329 g/mol. The van der Waals surface area contributed by atoms with Crippen LogP contribution in [0.25, 0.3) is 0 Å². The molecule has 0 unspecified atom stereocenters. The summed E-state index contributed by atoms with van der Waals surface area (Å²) in [7, 11) is -3.53. The van der Waals surface area contributed by atoms with E-state index < -0.39 is 10.0 Å². The fourth-order valence-electron chi connectivity index (χ4n) is 1.71. The van der Waals surface area contributed by atoms with Crippen LogP contribution in [-0.4, -0.2) is 19.9 Å². The van der Waals surface area contributed by atoms with E-state index in [1.165, 1.54) is 11.3 Å². The molecule has 0 saturated carbocycles. The Morgan fingerprint density at radius 2 is 2.19 bits per heavy atom. The van der Waals surface area contributed by atoms with Gasteiger partial charge in [-0.2, -0.15) is 0 Å². The van der Waals surface area contributed by atoms with Gasteiger partial charge in [-0.15, -0.1) is 11.3 Å². The van der Waals surface area contributed by atoms with Crippen LogP contribution in [-0.2, 0) is 23.1 Å². The molecule has 2 aromatic heterocycles. The van der Waals surface area contributed by atoms with E-state index in [1.807, 2.05) is 0 Å². The highest BCUT2D eigenvalue weighted by atomic mass is 32.2. The van der Waals surface area contributed by atoms with Gasteiger partial charge in [-0.05, 0) is 26.0 Å². The highest BCUT2D eigenvalue weighted by molar-refractivity contribution is 7.89. The molecular formula is C13H19N3O3S2. The van der Waals surface area contributed by atoms with Gasteiger partial charge in [0.25, 0.3) is 0 Å². The number of oxazole rings is 1. The largest absolute Gasteiger partial charge is 0.445 e. The highest BCUT2D eigenvalue weighted by Crippen LogP contribution is 2.19. The summed E-state index contributed by atoms with van der Waals surface area (Å²) in [6.07, 6.45) is 2.61. The Bertz CT molecular complexity index is 676. The van der Waals surface area contributed by atoms with Gasteiger partial charge in [-0.1, -0.05) is 6.92 Å². The summed E-state index contributed by atoms with van der Waals surface area (Å²) in [6.45, 7) is 5.51. The van der Waals surface area contributed by atoms with E-state index >= 15 is 0 Å². The summed E-state index contributed by atoms with van der Waals surface area (Å²) < 4.78 is 32.1. The Labute approximate surface area is 128 Å². The van der Waals surface area contributed by atoms with Crippen molar-refractivity contribution in [2.24, 2.45) is 0 Å². The molecule has 2 heterocycles. The van der Waals surface area contributed by atoms with Gasteiger partial charge >= 0.3 is 0 Å². The molecule has 0 radical (unpaired) electrons. The Hall–Kier alpha value is -1.22. The van der Waals surface area contributed by atoms with Crippen molar-refractivity contribution >= 4 is 21.4 Å². The van der Waals surface area contributed by atoms with Gasteiger partial charge in [0, 0.05) is 16.8 Å².